The van der Waals surface area contributed by atoms with Crippen LogP contribution in [0, 0.1) is 11.7 Å². The van der Waals surface area contributed by atoms with E-state index in [0.29, 0.717) is 18.1 Å². The summed E-state index contributed by atoms with van der Waals surface area (Å²) in [5.41, 5.74) is 2.03. The fourth-order valence-corrected chi connectivity index (χ4v) is 4.84. The van der Waals surface area contributed by atoms with Crippen LogP contribution in [0.1, 0.15) is 34.5 Å². The molecule has 1 saturated heterocycles. The first kappa shape index (κ1) is 22.6. The number of benzene rings is 2. The smallest absolute Gasteiger partial charge is 0.289 e. The van der Waals surface area contributed by atoms with Gasteiger partial charge in [0.05, 0.1) is 6.26 Å². The van der Waals surface area contributed by atoms with Crippen LogP contribution in [0.5, 0.6) is 0 Å². The number of carbonyl (C=O) groups is 1. The van der Waals surface area contributed by atoms with Gasteiger partial charge in [-0.25, -0.2) is 4.39 Å². The van der Waals surface area contributed by atoms with E-state index in [2.05, 4.69) is 4.90 Å². The maximum atomic E-state index is 13.5. The standard InChI is InChI=1S/C26H28ClFN2O2/c1-29(26(31)25-10-5-15-32-25)24(17-21-7-2-3-9-23(21)27)20-11-13-30(14-12-20)18-19-6-4-8-22(28)16-19/h2-10,15-16,20,24H,11-14,17-18H2,1H3/t24-/m0/s1. The van der Waals surface area contributed by atoms with E-state index in [4.69, 9.17) is 16.0 Å². The molecule has 4 nitrogen and oxygen atoms in total. The van der Waals surface area contributed by atoms with Crippen molar-refractivity contribution in [1.82, 2.24) is 9.80 Å². The first-order chi connectivity index (χ1) is 15.5. The normalized spacial score (nSPS) is 16.1. The molecular weight excluding hydrogens is 427 g/mol. The number of hydrogen-bond donors (Lipinski definition) is 0. The zero-order valence-corrected chi connectivity index (χ0v) is 19.0. The molecule has 0 N–H and O–H groups in total. The Bertz CT molecular complexity index is 1030. The quantitative estimate of drug-likeness (QED) is 0.461. The van der Waals surface area contributed by atoms with Crippen molar-refractivity contribution in [3.8, 4) is 0 Å². The summed E-state index contributed by atoms with van der Waals surface area (Å²) in [5.74, 6) is 0.364. The van der Waals surface area contributed by atoms with E-state index in [9.17, 15) is 9.18 Å². The molecular formula is C26H28ClFN2O2. The van der Waals surface area contributed by atoms with Crippen molar-refractivity contribution >= 4 is 17.5 Å². The van der Waals surface area contributed by atoms with Crippen molar-refractivity contribution in [2.24, 2.45) is 5.92 Å². The highest BCUT2D eigenvalue weighted by atomic mass is 35.5. The summed E-state index contributed by atoms with van der Waals surface area (Å²) in [4.78, 5) is 17.2. The summed E-state index contributed by atoms with van der Waals surface area (Å²) in [6.45, 7) is 2.55. The van der Waals surface area contributed by atoms with Gasteiger partial charge in [0.25, 0.3) is 5.91 Å². The second-order valence-corrected chi connectivity index (χ2v) is 8.91. The van der Waals surface area contributed by atoms with Gasteiger partial charge in [-0.15, -0.1) is 0 Å². The molecule has 0 bridgehead atoms. The minimum atomic E-state index is -0.199. The first-order valence-electron chi connectivity index (χ1n) is 11.0. The molecule has 1 aliphatic heterocycles. The molecule has 0 saturated carbocycles. The molecule has 168 valence electrons. The largest absolute Gasteiger partial charge is 0.459 e. The number of likely N-dealkylation sites (N-methyl/N-ethyl adjacent to an activating group) is 1. The molecule has 4 rings (SSSR count). The summed E-state index contributed by atoms with van der Waals surface area (Å²) in [7, 11) is 1.85. The molecule has 0 unspecified atom stereocenters. The predicted molar refractivity (Wildman–Crippen MR) is 124 cm³/mol. The fourth-order valence-electron chi connectivity index (χ4n) is 4.62. The maximum absolute atomic E-state index is 13.5. The average molecular weight is 455 g/mol. The lowest BCUT2D eigenvalue weighted by molar-refractivity contribution is 0.0556. The summed E-state index contributed by atoms with van der Waals surface area (Å²) in [6.07, 6.45) is 4.13. The topological polar surface area (TPSA) is 36.7 Å². The van der Waals surface area contributed by atoms with Crippen molar-refractivity contribution in [2.75, 3.05) is 20.1 Å². The lowest BCUT2D eigenvalue weighted by Crippen LogP contribution is -2.47. The molecule has 6 heteroatoms. The zero-order chi connectivity index (χ0) is 22.5. The predicted octanol–water partition coefficient (Wildman–Crippen LogP) is 5.67. The molecule has 1 fully saturated rings. The summed E-state index contributed by atoms with van der Waals surface area (Å²) >= 11 is 6.46. The Morgan fingerprint density at radius 1 is 1.16 bits per heavy atom. The molecule has 1 aliphatic rings. The van der Waals surface area contributed by atoms with E-state index in [1.165, 1.54) is 12.3 Å². The molecule has 0 aliphatic carbocycles. The number of furan rings is 1. The van der Waals surface area contributed by atoms with Crippen LogP contribution in [0.3, 0.4) is 0 Å². The van der Waals surface area contributed by atoms with Crippen LogP contribution in [0.2, 0.25) is 5.02 Å². The summed E-state index contributed by atoms with van der Waals surface area (Å²) in [6, 6.07) is 18.0. The van der Waals surface area contributed by atoms with Gasteiger partial charge in [-0.05, 0) is 79.7 Å². The van der Waals surface area contributed by atoms with Gasteiger partial charge < -0.3 is 9.32 Å². The number of piperidine rings is 1. The summed E-state index contributed by atoms with van der Waals surface area (Å²) in [5, 5.41) is 0.722. The van der Waals surface area contributed by atoms with E-state index in [0.717, 1.165) is 48.6 Å². The molecule has 2 aromatic carbocycles. The van der Waals surface area contributed by atoms with E-state index in [-0.39, 0.29) is 17.8 Å². The Morgan fingerprint density at radius 2 is 1.94 bits per heavy atom. The second kappa shape index (κ2) is 10.3. The minimum Gasteiger partial charge on any atom is -0.459 e. The lowest BCUT2D eigenvalue weighted by atomic mass is 9.84. The number of rotatable bonds is 7. The van der Waals surface area contributed by atoms with Crippen LogP contribution >= 0.6 is 11.6 Å². The van der Waals surface area contributed by atoms with E-state index >= 15 is 0 Å². The number of amides is 1. The minimum absolute atomic E-state index is 0.00354. The van der Waals surface area contributed by atoms with Crippen molar-refractivity contribution in [2.45, 2.75) is 31.8 Å². The third-order valence-corrected chi connectivity index (χ3v) is 6.78. The molecule has 32 heavy (non-hydrogen) atoms. The Balaban J connectivity index is 1.47. The maximum Gasteiger partial charge on any atom is 0.289 e. The number of halogens is 2. The molecule has 3 aromatic rings. The van der Waals surface area contributed by atoms with Gasteiger partial charge in [0, 0.05) is 24.7 Å². The van der Waals surface area contributed by atoms with E-state index in [1.54, 1.807) is 24.3 Å². The van der Waals surface area contributed by atoms with Gasteiger partial charge in [-0.2, -0.15) is 0 Å². The molecule has 1 aromatic heterocycles. The van der Waals surface area contributed by atoms with Crippen molar-refractivity contribution in [3.05, 3.63) is 94.7 Å². The molecule has 0 spiro atoms. The third-order valence-electron chi connectivity index (χ3n) is 6.41. The van der Waals surface area contributed by atoms with Crippen LogP contribution in [0.15, 0.2) is 71.3 Å². The molecule has 1 amide bonds. The molecule has 2 heterocycles. The van der Waals surface area contributed by atoms with Crippen LogP contribution in [0.25, 0.3) is 0 Å². The fraction of sp³-hybridized carbons (Fsp3) is 0.346. The Hall–Kier alpha value is -2.63. The number of carbonyl (C=O) groups excluding carboxylic acids is 1. The Morgan fingerprint density at radius 3 is 2.62 bits per heavy atom. The van der Waals surface area contributed by atoms with Gasteiger partial charge in [-0.1, -0.05) is 41.9 Å². The lowest BCUT2D eigenvalue weighted by Gasteiger charge is -2.40. The van der Waals surface area contributed by atoms with Crippen LogP contribution in [-0.4, -0.2) is 41.9 Å². The number of nitrogens with zero attached hydrogens (tertiary/aromatic N) is 2. The van der Waals surface area contributed by atoms with Crippen LogP contribution in [0.4, 0.5) is 4.39 Å². The van der Waals surface area contributed by atoms with E-state index in [1.807, 2.05) is 42.3 Å². The highest BCUT2D eigenvalue weighted by Gasteiger charge is 2.33. The van der Waals surface area contributed by atoms with Crippen LogP contribution in [-0.2, 0) is 13.0 Å². The second-order valence-electron chi connectivity index (χ2n) is 8.50. The Kier molecular flexibility index (Phi) is 7.28. The number of likely N-dealkylation sites (tertiary alicyclic amines) is 1. The van der Waals surface area contributed by atoms with Gasteiger partial charge >= 0.3 is 0 Å². The average Bonchev–Trinajstić information content (AvgIpc) is 3.33. The van der Waals surface area contributed by atoms with Crippen molar-refractivity contribution in [1.29, 1.82) is 0 Å². The van der Waals surface area contributed by atoms with Gasteiger partial charge in [0.2, 0.25) is 0 Å². The third kappa shape index (κ3) is 5.40. The molecule has 1 atom stereocenters. The summed E-state index contributed by atoms with van der Waals surface area (Å²) < 4.78 is 18.9. The van der Waals surface area contributed by atoms with Crippen LogP contribution < -0.4 is 0 Å². The van der Waals surface area contributed by atoms with Crippen molar-refractivity contribution < 1.29 is 13.6 Å². The molecule has 0 radical (unpaired) electrons. The highest BCUT2D eigenvalue weighted by Crippen LogP contribution is 2.30. The number of hydrogen-bond acceptors (Lipinski definition) is 3. The van der Waals surface area contributed by atoms with Gasteiger partial charge in [-0.3, -0.25) is 9.69 Å². The van der Waals surface area contributed by atoms with E-state index < -0.39 is 0 Å². The SMILES string of the molecule is CN(C(=O)c1ccco1)[C@@H](Cc1ccccc1Cl)C1CCN(Cc2cccc(F)c2)CC1. The monoisotopic (exact) mass is 454 g/mol. The highest BCUT2D eigenvalue weighted by molar-refractivity contribution is 6.31. The first-order valence-corrected chi connectivity index (χ1v) is 11.4. The Labute approximate surface area is 193 Å². The van der Waals surface area contributed by atoms with Gasteiger partial charge in [0.1, 0.15) is 5.82 Å². The zero-order valence-electron chi connectivity index (χ0n) is 18.2. The van der Waals surface area contributed by atoms with Crippen molar-refractivity contribution in [3.63, 3.8) is 0 Å². The van der Waals surface area contributed by atoms with Gasteiger partial charge in [0.15, 0.2) is 5.76 Å².